The third kappa shape index (κ3) is 2.00. The van der Waals surface area contributed by atoms with Crippen LogP contribution in [-0.4, -0.2) is 5.92 Å². The topological polar surface area (TPSA) is 0 Å². The van der Waals surface area contributed by atoms with Gasteiger partial charge in [-0.2, -0.15) is 0 Å². The molecule has 0 saturated heterocycles. The quantitative estimate of drug-likeness (QED) is 0.613. The lowest BCUT2D eigenvalue weighted by atomic mass is 9.78. The summed E-state index contributed by atoms with van der Waals surface area (Å²) in [5.41, 5.74) is 0. The monoisotopic (exact) mass is 228 g/mol. The molecule has 0 nitrogen and oxygen atoms in total. The Labute approximate surface area is 96.8 Å². The second kappa shape index (κ2) is 3.96. The number of fused-ring (bicyclic) bond motifs is 1. The maximum Gasteiger partial charge on any atom is 0.248 e. The minimum absolute atomic E-state index is 0.195. The summed E-state index contributed by atoms with van der Waals surface area (Å²) >= 11 is 0. The van der Waals surface area contributed by atoms with Gasteiger partial charge in [0.2, 0.25) is 5.92 Å². The number of halogens is 2. The lowest BCUT2D eigenvalue weighted by Gasteiger charge is -2.28. The first-order valence-corrected chi connectivity index (χ1v) is 7.02. The summed E-state index contributed by atoms with van der Waals surface area (Å²) in [5, 5.41) is 0. The van der Waals surface area contributed by atoms with Crippen molar-refractivity contribution in [2.75, 3.05) is 0 Å². The van der Waals surface area contributed by atoms with Crippen LogP contribution in [0.2, 0.25) is 0 Å². The van der Waals surface area contributed by atoms with Crippen LogP contribution in [0.1, 0.15) is 57.8 Å². The van der Waals surface area contributed by atoms with E-state index in [0.717, 1.165) is 24.7 Å². The van der Waals surface area contributed by atoms with E-state index < -0.39 is 5.92 Å². The van der Waals surface area contributed by atoms with Crippen molar-refractivity contribution in [3.05, 3.63) is 0 Å². The molecule has 3 fully saturated rings. The molecule has 3 aliphatic carbocycles. The Morgan fingerprint density at radius 3 is 1.81 bits per heavy atom. The van der Waals surface area contributed by atoms with Crippen LogP contribution in [0.25, 0.3) is 0 Å². The second-order valence-corrected chi connectivity index (χ2v) is 6.41. The molecule has 0 heterocycles. The Morgan fingerprint density at radius 1 is 0.688 bits per heavy atom. The average molecular weight is 228 g/mol. The van der Waals surface area contributed by atoms with Gasteiger partial charge in [-0.1, -0.05) is 32.1 Å². The molecule has 2 heteroatoms. The molecule has 3 aliphatic rings. The molecule has 0 aromatic heterocycles. The maximum absolute atomic E-state index is 13.2. The molecule has 1 unspecified atom stereocenters. The molecule has 3 saturated carbocycles. The Balaban J connectivity index is 1.59. The third-order valence-corrected chi connectivity index (χ3v) is 5.32. The maximum atomic E-state index is 13.2. The predicted molar refractivity (Wildman–Crippen MR) is 60.5 cm³/mol. The SMILES string of the molecule is FC1(F)C[C@H]2CC(C3CCCCC3)C[C@H]2C1. The first-order chi connectivity index (χ1) is 7.64. The minimum Gasteiger partial charge on any atom is -0.207 e. The van der Waals surface area contributed by atoms with E-state index in [1.807, 2.05) is 0 Å². The third-order valence-electron chi connectivity index (χ3n) is 5.32. The van der Waals surface area contributed by atoms with Crippen molar-refractivity contribution in [1.82, 2.24) is 0 Å². The van der Waals surface area contributed by atoms with E-state index in [1.165, 1.54) is 32.1 Å². The van der Waals surface area contributed by atoms with Gasteiger partial charge >= 0.3 is 0 Å². The Morgan fingerprint density at radius 2 is 1.25 bits per heavy atom. The summed E-state index contributed by atoms with van der Waals surface area (Å²) in [6.45, 7) is 0. The van der Waals surface area contributed by atoms with Crippen LogP contribution < -0.4 is 0 Å². The van der Waals surface area contributed by atoms with Crippen LogP contribution in [0.15, 0.2) is 0 Å². The molecular weight excluding hydrogens is 206 g/mol. The average Bonchev–Trinajstić information content (AvgIpc) is 2.72. The number of hydrogen-bond acceptors (Lipinski definition) is 0. The lowest BCUT2D eigenvalue weighted by Crippen LogP contribution is -2.18. The van der Waals surface area contributed by atoms with Crippen molar-refractivity contribution in [3.8, 4) is 0 Å². The van der Waals surface area contributed by atoms with Crippen LogP contribution in [0.5, 0.6) is 0 Å². The largest absolute Gasteiger partial charge is 0.248 e. The van der Waals surface area contributed by atoms with Gasteiger partial charge in [-0.15, -0.1) is 0 Å². The van der Waals surface area contributed by atoms with E-state index in [2.05, 4.69) is 0 Å². The van der Waals surface area contributed by atoms with Crippen molar-refractivity contribution >= 4 is 0 Å². The lowest BCUT2D eigenvalue weighted by molar-refractivity contribution is -0.00240. The zero-order chi connectivity index (χ0) is 11.2. The van der Waals surface area contributed by atoms with E-state index in [-0.39, 0.29) is 12.8 Å². The van der Waals surface area contributed by atoms with Gasteiger partial charge in [0, 0.05) is 12.8 Å². The fourth-order valence-corrected chi connectivity index (χ4v) is 4.60. The highest BCUT2D eigenvalue weighted by atomic mass is 19.3. The molecule has 0 spiro atoms. The van der Waals surface area contributed by atoms with Gasteiger partial charge in [0.15, 0.2) is 0 Å². The van der Waals surface area contributed by atoms with Crippen LogP contribution in [0.4, 0.5) is 8.78 Å². The summed E-state index contributed by atoms with van der Waals surface area (Å²) in [6, 6.07) is 0. The van der Waals surface area contributed by atoms with Crippen LogP contribution in [0, 0.1) is 23.7 Å². The molecule has 16 heavy (non-hydrogen) atoms. The van der Waals surface area contributed by atoms with Crippen LogP contribution in [-0.2, 0) is 0 Å². The highest BCUT2D eigenvalue weighted by Crippen LogP contribution is 2.55. The molecule has 0 N–H and O–H groups in total. The van der Waals surface area contributed by atoms with Gasteiger partial charge in [0.05, 0.1) is 0 Å². The predicted octanol–water partition coefficient (Wildman–Crippen LogP) is 4.64. The molecule has 0 aromatic rings. The number of alkyl halides is 2. The van der Waals surface area contributed by atoms with Crippen molar-refractivity contribution in [3.63, 3.8) is 0 Å². The Kier molecular flexibility index (Phi) is 2.72. The van der Waals surface area contributed by atoms with Gasteiger partial charge < -0.3 is 0 Å². The van der Waals surface area contributed by atoms with Crippen molar-refractivity contribution in [2.24, 2.45) is 23.7 Å². The highest BCUT2D eigenvalue weighted by Gasteiger charge is 2.51. The Bertz CT molecular complexity index is 239. The second-order valence-electron chi connectivity index (χ2n) is 6.41. The fraction of sp³-hybridized carbons (Fsp3) is 1.00. The van der Waals surface area contributed by atoms with Crippen molar-refractivity contribution < 1.29 is 8.78 Å². The van der Waals surface area contributed by atoms with E-state index in [9.17, 15) is 8.78 Å². The molecule has 0 aliphatic heterocycles. The van der Waals surface area contributed by atoms with Crippen LogP contribution in [0.3, 0.4) is 0 Å². The number of rotatable bonds is 1. The summed E-state index contributed by atoms with van der Waals surface area (Å²) in [5.74, 6) is 0.0792. The zero-order valence-electron chi connectivity index (χ0n) is 9.93. The summed E-state index contributed by atoms with van der Waals surface area (Å²) in [7, 11) is 0. The van der Waals surface area contributed by atoms with Crippen molar-refractivity contribution in [1.29, 1.82) is 0 Å². The smallest absolute Gasteiger partial charge is 0.207 e. The highest BCUT2D eigenvalue weighted by molar-refractivity contribution is 4.96. The van der Waals surface area contributed by atoms with Gasteiger partial charge in [-0.3, -0.25) is 0 Å². The molecule has 3 rings (SSSR count). The Hall–Kier alpha value is -0.140. The molecule has 0 aromatic carbocycles. The van der Waals surface area contributed by atoms with Gasteiger partial charge in [-0.05, 0) is 36.5 Å². The molecule has 92 valence electrons. The van der Waals surface area contributed by atoms with E-state index in [4.69, 9.17) is 0 Å². The molecule has 0 radical (unpaired) electrons. The normalized spacial score (nSPS) is 43.5. The molecule has 0 amide bonds. The minimum atomic E-state index is -2.33. The molecule has 0 bridgehead atoms. The molecular formula is C14H22F2. The van der Waals surface area contributed by atoms with Gasteiger partial charge in [-0.25, -0.2) is 8.78 Å². The summed E-state index contributed by atoms with van der Waals surface area (Å²) in [4.78, 5) is 0. The van der Waals surface area contributed by atoms with E-state index in [0.29, 0.717) is 11.8 Å². The summed E-state index contributed by atoms with van der Waals surface area (Å²) < 4.78 is 26.5. The van der Waals surface area contributed by atoms with Crippen molar-refractivity contribution in [2.45, 2.75) is 63.7 Å². The standard InChI is InChI=1S/C14H22F2/c15-14(16)8-12-6-11(7-13(12)9-14)10-4-2-1-3-5-10/h10-13H,1-9H2/t11?,12-,13+. The van der Waals surface area contributed by atoms with Crippen LogP contribution >= 0.6 is 0 Å². The van der Waals surface area contributed by atoms with Gasteiger partial charge in [0.1, 0.15) is 0 Å². The zero-order valence-corrected chi connectivity index (χ0v) is 9.93. The van der Waals surface area contributed by atoms with E-state index >= 15 is 0 Å². The first-order valence-electron chi connectivity index (χ1n) is 7.02. The molecule has 3 atom stereocenters. The van der Waals surface area contributed by atoms with Gasteiger partial charge in [0.25, 0.3) is 0 Å². The number of hydrogen-bond donors (Lipinski definition) is 0. The first kappa shape index (κ1) is 11.0. The summed E-state index contributed by atoms with van der Waals surface area (Å²) in [6.07, 6.45) is 9.53. The van der Waals surface area contributed by atoms with E-state index in [1.54, 1.807) is 0 Å². The fourth-order valence-electron chi connectivity index (χ4n) is 4.60.